The Kier molecular flexibility index (Phi) is 5.21. The standard InChI is InChI=1S/C16H20N2OS3/c1-11-4-3-5-15(12(11)2)21-18-16-17-14(10-20-16)13-6-8-22(19)9-7-13/h3-5,10,13H,6-9H2,1-2H3,(H,17,18). The second-order valence-electron chi connectivity index (χ2n) is 5.60. The number of thiazole rings is 1. The molecule has 1 aliphatic rings. The highest BCUT2D eigenvalue weighted by molar-refractivity contribution is 8.00. The molecule has 2 aromatic rings. The molecule has 0 aliphatic carbocycles. The molecule has 0 atom stereocenters. The van der Waals surface area contributed by atoms with Gasteiger partial charge in [-0.2, -0.15) is 0 Å². The van der Waals surface area contributed by atoms with Crippen LogP contribution in [0, 0.1) is 13.8 Å². The number of hydrogen-bond donors (Lipinski definition) is 1. The number of aromatic nitrogens is 1. The Hall–Kier alpha value is -0.850. The molecule has 1 aromatic carbocycles. The van der Waals surface area contributed by atoms with Crippen molar-refractivity contribution in [2.24, 2.45) is 0 Å². The van der Waals surface area contributed by atoms with Crippen molar-refractivity contribution in [2.75, 3.05) is 16.2 Å². The zero-order chi connectivity index (χ0) is 15.5. The normalized spacial score (nSPS) is 21.7. The van der Waals surface area contributed by atoms with Crippen LogP contribution in [0.3, 0.4) is 0 Å². The van der Waals surface area contributed by atoms with Crippen molar-refractivity contribution in [1.29, 1.82) is 0 Å². The van der Waals surface area contributed by atoms with Gasteiger partial charge in [0.05, 0.1) is 5.69 Å². The summed E-state index contributed by atoms with van der Waals surface area (Å²) < 4.78 is 14.8. The fourth-order valence-electron chi connectivity index (χ4n) is 2.54. The maximum Gasteiger partial charge on any atom is 0.193 e. The molecule has 1 aliphatic heterocycles. The van der Waals surface area contributed by atoms with E-state index in [1.165, 1.54) is 16.0 Å². The predicted molar refractivity (Wildman–Crippen MR) is 97.4 cm³/mol. The minimum absolute atomic E-state index is 0.482. The van der Waals surface area contributed by atoms with Crippen LogP contribution >= 0.6 is 23.3 Å². The third kappa shape index (κ3) is 3.73. The Morgan fingerprint density at radius 2 is 2.09 bits per heavy atom. The molecule has 0 saturated carbocycles. The van der Waals surface area contributed by atoms with Gasteiger partial charge in [0.15, 0.2) is 5.13 Å². The molecule has 0 spiro atoms. The lowest BCUT2D eigenvalue weighted by molar-refractivity contribution is 0.596. The van der Waals surface area contributed by atoms with Gasteiger partial charge >= 0.3 is 0 Å². The summed E-state index contributed by atoms with van der Waals surface area (Å²) in [7, 11) is -0.605. The summed E-state index contributed by atoms with van der Waals surface area (Å²) in [4.78, 5) is 5.95. The van der Waals surface area contributed by atoms with E-state index in [0.717, 1.165) is 35.2 Å². The van der Waals surface area contributed by atoms with Crippen molar-refractivity contribution in [3.8, 4) is 0 Å². The maximum atomic E-state index is 11.4. The second kappa shape index (κ2) is 7.15. The van der Waals surface area contributed by atoms with Crippen molar-refractivity contribution < 1.29 is 4.21 Å². The molecule has 22 heavy (non-hydrogen) atoms. The molecule has 3 nitrogen and oxygen atoms in total. The average Bonchev–Trinajstić information content (AvgIpc) is 2.98. The lowest BCUT2D eigenvalue weighted by Gasteiger charge is -2.19. The molecular formula is C16H20N2OS3. The van der Waals surface area contributed by atoms with Gasteiger partial charge in [-0.05, 0) is 55.8 Å². The molecule has 0 radical (unpaired) electrons. The zero-order valence-electron chi connectivity index (χ0n) is 12.8. The molecule has 1 N–H and O–H groups in total. The SMILES string of the molecule is Cc1cccc(SNc2nc(C3CCS(=O)CC3)cs2)c1C. The summed E-state index contributed by atoms with van der Waals surface area (Å²) >= 11 is 3.28. The number of aryl methyl sites for hydroxylation is 1. The smallest absolute Gasteiger partial charge is 0.193 e. The number of nitrogens with one attached hydrogen (secondary N) is 1. The predicted octanol–water partition coefficient (Wildman–Crippen LogP) is 4.51. The van der Waals surface area contributed by atoms with Crippen LogP contribution in [-0.2, 0) is 10.8 Å². The van der Waals surface area contributed by atoms with E-state index in [9.17, 15) is 4.21 Å². The largest absolute Gasteiger partial charge is 0.302 e. The van der Waals surface area contributed by atoms with Crippen molar-refractivity contribution in [1.82, 2.24) is 4.98 Å². The summed E-state index contributed by atoms with van der Waals surface area (Å²) in [6.07, 6.45) is 2.00. The van der Waals surface area contributed by atoms with E-state index < -0.39 is 10.8 Å². The summed E-state index contributed by atoms with van der Waals surface area (Å²) in [5, 5.41) is 3.10. The molecule has 1 saturated heterocycles. The van der Waals surface area contributed by atoms with Crippen LogP contribution in [0.25, 0.3) is 0 Å². The Labute approximate surface area is 142 Å². The van der Waals surface area contributed by atoms with Gasteiger partial charge in [-0.1, -0.05) is 12.1 Å². The molecule has 3 rings (SSSR count). The molecule has 118 valence electrons. The minimum Gasteiger partial charge on any atom is -0.302 e. The van der Waals surface area contributed by atoms with Crippen LogP contribution in [-0.4, -0.2) is 20.7 Å². The summed E-state index contributed by atoms with van der Waals surface area (Å²) in [5.74, 6) is 2.12. The molecular weight excluding hydrogens is 332 g/mol. The van der Waals surface area contributed by atoms with Crippen molar-refractivity contribution in [3.05, 3.63) is 40.4 Å². The second-order valence-corrected chi connectivity index (χ2v) is 9.00. The Morgan fingerprint density at radius 3 is 2.86 bits per heavy atom. The van der Waals surface area contributed by atoms with Crippen LogP contribution in [0.2, 0.25) is 0 Å². The van der Waals surface area contributed by atoms with E-state index in [1.807, 2.05) is 0 Å². The summed E-state index contributed by atoms with van der Waals surface area (Å²) in [5.41, 5.74) is 3.78. The zero-order valence-corrected chi connectivity index (χ0v) is 15.2. The van der Waals surface area contributed by atoms with Crippen LogP contribution in [0.15, 0.2) is 28.5 Å². The quantitative estimate of drug-likeness (QED) is 0.822. The summed E-state index contributed by atoms with van der Waals surface area (Å²) in [6.45, 7) is 4.28. The van der Waals surface area contributed by atoms with E-state index in [2.05, 4.69) is 42.1 Å². The molecule has 0 bridgehead atoms. The topological polar surface area (TPSA) is 42.0 Å². The van der Waals surface area contributed by atoms with Gasteiger partial charge in [-0.15, -0.1) is 11.3 Å². The number of hydrogen-bond acceptors (Lipinski definition) is 5. The molecule has 1 fully saturated rings. The van der Waals surface area contributed by atoms with Gasteiger partial charge in [-0.3, -0.25) is 4.21 Å². The first-order chi connectivity index (χ1) is 10.6. The summed E-state index contributed by atoms with van der Waals surface area (Å²) in [6, 6.07) is 6.35. The monoisotopic (exact) mass is 352 g/mol. The third-order valence-electron chi connectivity index (χ3n) is 4.13. The van der Waals surface area contributed by atoms with Crippen molar-refractivity contribution in [3.63, 3.8) is 0 Å². The van der Waals surface area contributed by atoms with Gasteiger partial charge in [0, 0.05) is 38.5 Å². The van der Waals surface area contributed by atoms with Gasteiger partial charge in [-0.25, -0.2) is 4.98 Å². The Morgan fingerprint density at radius 1 is 1.32 bits per heavy atom. The number of benzene rings is 1. The van der Waals surface area contributed by atoms with Crippen LogP contribution in [0.5, 0.6) is 0 Å². The van der Waals surface area contributed by atoms with E-state index in [1.54, 1.807) is 23.3 Å². The van der Waals surface area contributed by atoms with E-state index in [0.29, 0.717) is 5.92 Å². The van der Waals surface area contributed by atoms with E-state index in [-0.39, 0.29) is 0 Å². The molecule has 0 unspecified atom stereocenters. The highest BCUT2D eigenvalue weighted by Crippen LogP contribution is 2.32. The van der Waals surface area contributed by atoms with E-state index >= 15 is 0 Å². The Balaban J connectivity index is 1.62. The first-order valence-electron chi connectivity index (χ1n) is 7.43. The number of anilines is 1. The van der Waals surface area contributed by atoms with Crippen molar-refractivity contribution >= 4 is 39.2 Å². The van der Waals surface area contributed by atoms with Crippen LogP contribution < -0.4 is 4.72 Å². The van der Waals surface area contributed by atoms with Gasteiger partial charge in [0.2, 0.25) is 0 Å². The highest BCUT2D eigenvalue weighted by Gasteiger charge is 2.21. The van der Waals surface area contributed by atoms with Crippen LogP contribution in [0.4, 0.5) is 5.13 Å². The van der Waals surface area contributed by atoms with Crippen molar-refractivity contribution in [2.45, 2.75) is 37.5 Å². The van der Waals surface area contributed by atoms with Gasteiger partial charge in [0.25, 0.3) is 0 Å². The van der Waals surface area contributed by atoms with Gasteiger partial charge < -0.3 is 4.72 Å². The average molecular weight is 353 g/mol. The molecule has 6 heteroatoms. The lowest BCUT2D eigenvalue weighted by atomic mass is 10.0. The third-order valence-corrected chi connectivity index (χ3v) is 7.38. The maximum absolute atomic E-state index is 11.4. The van der Waals surface area contributed by atoms with Crippen LogP contribution in [0.1, 0.15) is 35.6 Å². The molecule has 1 aromatic heterocycles. The number of rotatable bonds is 4. The molecule has 0 amide bonds. The Bertz CT molecular complexity index is 674. The highest BCUT2D eigenvalue weighted by atomic mass is 32.2. The number of nitrogens with zero attached hydrogens (tertiary/aromatic N) is 1. The fraction of sp³-hybridized carbons (Fsp3) is 0.438. The lowest BCUT2D eigenvalue weighted by Crippen LogP contribution is -2.17. The minimum atomic E-state index is -0.605. The first kappa shape index (κ1) is 16.0. The van der Waals surface area contributed by atoms with Gasteiger partial charge in [0.1, 0.15) is 0 Å². The fourth-order valence-corrected chi connectivity index (χ4v) is 5.50. The van der Waals surface area contributed by atoms with E-state index in [4.69, 9.17) is 4.98 Å². The molecule has 2 heterocycles. The first-order valence-corrected chi connectivity index (χ1v) is 10.6.